The van der Waals surface area contributed by atoms with Crippen molar-refractivity contribution in [1.29, 1.82) is 0 Å². The van der Waals surface area contributed by atoms with Crippen molar-refractivity contribution in [2.45, 2.75) is 73.1 Å². The monoisotopic (exact) mass is 764 g/mol. The van der Waals surface area contributed by atoms with Crippen LogP contribution in [0.4, 0.5) is 17.1 Å². The summed E-state index contributed by atoms with van der Waals surface area (Å²) in [6.07, 6.45) is 0. The van der Waals surface area contributed by atoms with Gasteiger partial charge in [-0.25, -0.2) is 4.98 Å². The lowest BCUT2D eigenvalue weighted by Crippen LogP contribution is -2.60. The number of benzene rings is 7. The molecule has 5 heteroatoms. The molecule has 288 valence electrons. The number of imidazole rings is 1. The Morgan fingerprint density at radius 3 is 1.76 bits per heavy atom. The molecule has 0 saturated heterocycles. The van der Waals surface area contributed by atoms with Crippen LogP contribution in [0.5, 0.6) is 0 Å². The predicted octanol–water partition coefficient (Wildman–Crippen LogP) is 11.9. The normalized spacial score (nSPS) is 13.4. The summed E-state index contributed by atoms with van der Waals surface area (Å²) < 4.78 is 4.96. The maximum absolute atomic E-state index is 5.62. The Morgan fingerprint density at radius 1 is 0.508 bits per heavy atom. The van der Waals surface area contributed by atoms with Gasteiger partial charge in [-0.3, -0.25) is 4.57 Å². The molecule has 0 spiro atoms. The molecule has 0 fully saturated rings. The predicted molar refractivity (Wildman–Crippen MR) is 252 cm³/mol. The van der Waals surface area contributed by atoms with E-state index in [1.54, 1.807) is 0 Å². The Morgan fingerprint density at radius 2 is 1.12 bits per heavy atom. The number of para-hydroxylation sites is 2. The van der Waals surface area contributed by atoms with Crippen molar-refractivity contribution in [2.24, 2.45) is 0 Å². The van der Waals surface area contributed by atoms with Crippen LogP contribution in [-0.2, 0) is 10.8 Å². The van der Waals surface area contributed by atoms with E-state index in [4.69, 9.17) is 4.98 Å². The SMILES string of the molecule is Cc1cc2c3c(c1)-n1c(-c4c(C)cccc4C)nc4cc(C(C)(C)C)cc(c41)B3c1ccc(-n3c4ccccc4c4ccccc43)cc1N2c1ccc(C(C)(C)C)cc1. The zero-order chi connectivity index (χ0) is 40.7. The van der Waals surface area contributed by atoms with E-state index in [2.05, 4.69) is 210 Å². The van der Waals surface area contributed by atoms with Crippen molar-refractivity contribution >= 4 is 73.0 Å². The molecule has 7 aromatic carbocycles. The zero-order valence-electron chi connectivity index (χ0n) is 35.6. The first-order valence-electron chi connectivity index (χ1n) is 21.1. The molecule has 0 radical (unpaired) electrons. The van der Waals surface area contributed by atoms with Crippen molar-refractivity contribution < 1.29 is 0 Å². The van der Waals surface area contributed by atoms with Gasteiger partial charge in [-0.05, 0) is 130 Å². The minimum Gasteiger partial charge on any atom is -0.311 e. The molecule has 0 aliphatic carbocycles. The van der Waals surface area contributed by atoms with Crippen LogP contribution in [-0.4, -0.2) is 20.8 Å². The quantitative estimate of drug-likeness (QED) is 0.168. The molecule has 11 rings (SSSR count). The van der Waals surface area contributed by atoms with Crippen LogP contribution < -0.4 is 21.3 Å². The third kappa shape index (κ3) is 5.19. The number of aromatic nitrogens is 3. The van der Waals surface area contributed by atoms with Crippen molar-refractivity contribution in [3.05, 3.63) is 161 Å². The van der Waals surface area contributed by atoms with Crippen LogP contribution in [0, 0.1) is 20.8 Å². The molecule has 4 nitrogen and oxygen atoms in total. The number of hydrogen-bond acceptors (Lipinski definition) is 2. The lowest BCUT2D eigenvalue weighted by Gasteiger charge is -2.41. The molecule has 0 N–H and O–H groups in total. The summed E-state index contributed by atoms with van der Waals surface area (Å²) >= 11 is 0. The van der Waals surface area contributed by atoms with Crippen molar-refractivity contribution in [1.82, 2.24) is 14.1 Å². The molecular formula is C54H49BN4. The Bertz CT molecular complexity index is 3150. The van der Waals surface area contributed by atoms with E-state index < -0.39 is 0 Å². The summed E-state index contributed by atoms with van der Waals surface area (Å²) in [5.41, 5.74) is 22.1. The van der Waals surface area contributed by atoms with E-state index in [1.165, 1.54) is 94.2 Å². The number of anilines is 3. The summed E-state index contributed by atoms with van der Waals surface area (Å²) in [6.45, 7) is 20.6. The summed E-state index contributed by atoms with van der Waals surface area (Å²) in [4.78, 5) is 8.16. The van der Waals surface area contributed by atoms with Crippen molar-refractivity contribution in [2.75, 3.05) is 4.90 Å². The van der Waals surface area contributed by atoms with Crippen LogP contribution in [0.2, 0.25) is 0 Å². The fraction of sp³-hybridized carbons (Fsp3) is 0.204. The van der Waals surface area contributed by atoms with Gasteiger partial charge in [0.15, 0.2) is 0 Å². The summed E-state index contributed by atoms with van der Waals surface area (Å²) in [7, 11) is 0. The van der Waals surface area contributed by atoms with Gasteiger partial charge in [0.1, 0.15) is 5.82 Å². The zero-order valence-corrected chi connectivity index (χ0v) is 35.6. The maximum atomic E-state index is 5.62. The number of nitrogens with zero attached hydrogens (tertiary/aromatic N) is 4. The number of fused-ring (bicyclic) bond motifs is 7. The van der Waals surface area contributed by atoms with E-state index >= 15 is 0 Å². The van der Waals surface area contributed by atoms with E-state index in [-0.39, 0.29) is 17.5 Å². The molecule has 0 amide bonds. The van der Waals surface area contributed by atoms with Gasteiger partial charge in [-0.1, -0.05) is 120 Å². The van der Waals surface area contributed by atoms with E-state index in [0.717, 1.165) is 22.7 Å². The molecular weight excluding hydrogens is 715 g/mol. The van der Waals surface area contributed by atoms with Gasteiger partial charge in [0.2, 0.25) is 0 Å². The third-order valence-corrected chi connectivity index (χ3v) is 13.1. The second kappa shape index (κ2) is 12.3. The number of aryl methyl sites for hydroxylation is 3. The average molecular weight is 765 g/mol. The van der Waals surface area contributed by atoms with Gasteiger partial charge in [-0.15, -0.1) is 0 Å². The lowest BCUT2D eigenvalue weighted by molar-refractivity contribution is 0.590. The summed E-state index contributed by atoms with van der Waals surface area (Å²) in [6, 6.07) is 50.5. The molecule has 2 aliphatic heterocycles. The molecule has 9 aromatic rings. The van der Waals surface area contributed by atoms with Crippen molar-refractivity contribution in [3.8, 4) is 22.8 Å². The van der Waals surface area contributed by atoms with Crippen LogP contribution in [0.25, 0.3) is 55.6 Å². The molecule has 4 heterocycles. The first kappa shape index (κ1) is 35.8. The maximum Gasteiger partial charge on any atom is 0.252 e. The van der Waals surface area contributed by atoms with E-state index in [1.807, 2.05) is 0 Å². The topological polar surface area (TPSA) is 26.0 Å². The van der Waals surface area contributed by atoms with Gasteiger partial charge in [0, 0.05) is 44.8 Å². The third-order valence-electron chi connectivity index (χ3n) is 13.1. The minimum absolute atomic E-state index is 0.00714. The molecule has 2 aromatic heterocycles. The number of rotatable bonds is 3. The highest BCUT2D eigenvalue weighted by molar-refractivity contribution is 7.00. The highest BCUT2D eigenvalue weighted by Crippen LogP contribution is 2.44. The Balaban J connectivity index is 1.27. The van der Waals surface area contributed by atoms with Gasteiger partial charge in [0.05, 0.1) is 22.1 Å². The average Bonchev–Trinajstić information content (AvgIpc) is 3.75. The molecule has 0 atom stereocenters. The Hall–Kier alpha value is -6.33. The minimum atomic E-state index is -0.0671. The fourth-order valence-corrected chi connectivity index (χ4v) is 10.2. The Labute approximate surface area is 347 Å². The first-order chi connectivity index (χ1) is 28.3. The molecule has 0 unspecified atom stereocenters. The van der Waals surface area contributed by atoms with Crippen LogP contribution in [0.1, 0.15) is 69.4 Å². The van der Waals surface area contributed by atoms with Crippen molar-refractivity contribution in [3.63, 3.8) is 0 Å². The van der Waals surface area contributed by atoms with Gasteiger partial charge in [-0.2, -0.15) is 0 Å². The van der Waals surface area contributed by atoms with Crippen LogP contribution >= 0.6 is 0 Å². The second-order valence-electron chi connectivity index (χ2n) is 19.1. The van der Waals surface area contributed by atoms with E-state index in [0.29, 0.717) is 0 Å². The first-order valence-corrected chi connectivity index (χ1v) is 21.1. The Kier molecular flexibility index (Phi) is 7.49. The summed E-state index contributed by atoms with van der Waals surface area (Å²) in [5.74, 6) is 1.02. The fourth-order valence-electron chi connectivity index (χ4n) is 10.2. The standard InChI is InChI=1S/C54H49BN4/c1-32-27-47-50-48(28-32)59-51-42(29-36(54(7,8)9)30-43(51)56-52(59)49-33(2)15-14-16-34(49)3)55(50)41-26-25-38(31-46(41)57(47)37-23-21-35(22-24-37)53(4,5)6)58-44-19-12-10-17-39(44)40-18-11-13-20-45(40)58/h10-31H,1-9H3. The molecule has 59 heavy (non-hydrogen) atoms. The van der Waals surface area contributed by atoms with E-state index in [9.17, 15) is 0 Å². The molecule has 0 saturated carbocycles. The number of hydrogen-bond donors (Lipinski definition) is 0. The summed E-state index contributed by atoms with van der Waals surface area (Å²) in [5, 5.41) is 2.53. The van der Waals surface area contributed by atoms with Gasteiger partial charge < -0.3 is 9.47 Å². The second-order valence-corrected chi connectivity index (χ2v) is 19.1. The lowest BCUT2D eigenvalue weighted by atomic mass is 9.33. The smallest absolute Gasteiger partial charge is 0.252 e. The highest BCUT2D eigenvalue weighted by atomic mass is 15.2. The van der Waals surface area contributed by atoms with Crippen LogP contribution in [0.3, 0.4) is 0 Å². The van der Waals surface area contributed by atoms with Crippen LogP contribution in [0.15, 0.2) is 133 Å². The highest BCUT2D eigenvalue weighted by Gasteiger charge is 2.43. The largest absolute Gasteiger partial charge is 0.311 e. The molecule has 0 bridgehead atoms. The molecule has 2 aliphatic rings. The van der Waals surface area contributed by atoms with Gasteiger partial charge in [0.25, 0.3) is 6.71 Å². The van der Waals surface area contributed by atoms with Gasteiger partial charge >= 0.3 is 0 Å².